The second-order valence-electron chi connectivity index (χ2n) is 16.9. The van der Waals surface area contributed by atoms with Gasteiger partial charge in [0.05, 0.1) is 0 Å². The van der Waals surface area contributed by atoms with Crippen LogP contribution in [0.15, 0.2) is 206 Å². The molecule has 1 aliphatic carbocycles. The van der Waals surface area contributed by atoms with Crippen molar-refractivity contribution in [2.24, 2.45) is 0 Å². The molecule has 0 nitrogen and oxygen atoms in total. The van der Waals surface area contributed by atoms with E-state index in [0.717, 1.165) is 0 Å². The molecule has 0 amide bonds. The van der Waals surface area contributed by atoms with E-state index in [1.165, 1.54) is 121 Å². The lowest BCUT2D eigenvalue weighted by molar-refractivity contribution is 0.660. The first-order chi connectivity index (χ1) is 29.0. The smallest absolute Gasteiger partial charge is 0.0159 e. The summed E-state index contributed by atoms with van der Waals surface area (Å²) in [5.74, 6) is 0. The standard InChI is InChI=1S/C59H40/c1-59(2)57-18-10-9-17-54(57)55-28-26-45(36-58(55)59)41-22-21-40-31-43(24-23-39(40)30-41)47-32-46(42-20-19-37-11-3-4-12-38(37)29-42)33-48(34-47)44-25-27-53-51-15-6-5-13-49(51)50-14-7-8-16-52(50)56(53)35-44/h3-36H,1-2H3. The summed E-state index contributed by atoms with van der Waals surface area (Å²) in [7, 11) is 0. The van der Waals surface area contributed by atoms with Crippen LogP contribution in [-0.2, 0) is 5.41 Å². The molecule has 0 spiro atoms. The van der Waals surface area contributed by atoms with Gasteiger partial charge in [-0.1, -0.05) is 172 Å². The third-order valence-corrected chi connectivity index (χ3v) is 13.2. The van der Waals surface area contributed by atoms with Gasteiger partial charge in [0.2, 0.25) is 0 Å². The molecule has 0 bridgehead atoms. The average molecular weight is 749 g/mol. The van der Waals surface area contributed by atoms with Crippen LogP contribution in [0.5, 0.6) is 0 Å². The van der Waals surface area contributed by atoms with E-state index in [0.29, 0.717) is 0 Å². The van der Waals surface area contributed by atoms with E-state index in [1.807, 2.05) is 0 Å². The molecule has 0 N–H and O–H groups in total. The largest absolute Gasteiger partial charge is 0.0619 e. The van der Waals surface area contributed by atoms with Crippen molar-refractivity contribution >= 4 is 53.9 Å². The summed E-state index contributed by atoms with van der Waals surface area (Å²) in [4.78, 5) is 0. The van der Waals surface area contributed by atoms with E-state index in [9.17, 15) is 0 Å². The lowest BCUT2D eigenvalue weighted by Crippen LogP contribution is -2.14. The highest BCUT2D eigenvalue weighted by molar-refractivity contribution is 6.25. The van der Waals surface area contributed by atoms with Crippen LogP contribution in [-0.4, -0.2) is 0 Å². The Morgan fingerprint density at radius 2 is 0.627 bits per heavy atom. The fourth-order valence-corrected chi connectivity index (χ4v) is 10.1. The Bertz CT molecular complexity index is 3490. The van der Waals surface area contributed by atoms with Gasteiger partial charge in [-0.25, -0.2) is 0 Å². The molecule has 276 valence electrons. The van der Waals surface area contributed by atoms with Crippen LogP contribution in [0.1, 0.15) is 25.0 Å². The maximum atomic E-state index is 2.42. The maximum absolute atomic E-state index is 2.42. The molecule has 1 aliphatic rings. The summed E-state index contributed by atoms with van der Waals surface area (Å²) in [5.41, 5.74) is 15.3. The van der Waals surface area contributed by atoms with Crippen LogP contribution >= 0.6 is 0 Å². The van der Waals surface area contributed by atoms with Gasteiger partial charge in [-0.05, 0) is 169 Å². The van der Waals surface area contributed by atoms with Gasteiger partial charge >= 0.3 is 0 Å². The zero-order chi connectivity index (χ0) is 39.2. The molecule has 0 radical (unpaired) electrons. The first-order valence-corrected chi connectivity index (χ1v) is 20.7. The molecule has 11 aromatic carbocycles. The van der Waals surface area contributed by atoms with E-state index in [1.54, 1.807) is 0 Å². The minimum Gasteiger partial charge on any atom is -0.0619 e. The molecular formula is C59H40. The molecule has 12 rings (SSSR count). The quantitative estimate of drug-likeness (QED) is 0.157. The highest BCUT2D eigenvalue weighted by atomic mass is 14.4. The van der Waals surface area contributed by atoms with Crippen LogP contribution in [0.4, 0.5) is 0 Å². The van der Waals surface area contributed by atoms with Gasteiger partial charge in [0.25, 0.3) is 0 Å². The van der Waals surface area contributed by atoms with E-state index in [2.05, 4.69) is 220 Å². The zero-order valence-corrected chi connectivity index (χ0v) is 33.1. The van der Waals surface area contributed by atoms with Crippen LogP contribution in [0, 0.1) is 0 Å². The average Bonchev–Trinajstić information content (AvgIpc) is 3.53. The summed E-state index contributed by atoms with van der Waals surface area (Å²) in [6, 6.07) is 77.2. The Morgan fingerprint density at radius 1 is 0.237 bits per heavy atom. The molecule has 0 saturated carbocycles. The molecule has 0 saturated heterocycles. The predicted molar refractivity (Wildman–Crippen MR) is 253 cm³/mol. The molecule has 0 aliphatic heterocycles. The van der Waals surface area contributed by atoms with Gasteiger partial charge < -0.3 is 0 Å². The Morgan fingerprint density at radius 3 is 1.25 bits per heavy atom. The van der Waals surface area contributed by atoms with Crippen molar-refractivity contribution < 1.29 is 0 Å². The molecule has 0 atom stereocenters. The van der Waals surface area contributed by atoms with Crippen LogP contribution in [0.3, 0.4) is 0 Å². The molecular weight excluding hydrogens is 709 g/mol. The second kappa shape index (κ2) is 12.9. The Labute approximate surface area is 344 Å². The molecule has 0 heterocycles. The van der Waals surface area contributed by atoms with Gasteiger partial charge in [-0.2, -0.15) is 0 Å². The van der Waals surface area contributed by atoms with Crippen molar-refractivity contribution in [3.8, 4) is 55.6 Å². The molecule has 11 aromatic rings. The van der Waals surface area contributed by atoms with E-state index in [-0.39, 0.29) is 5.41 Å². The highest BCUT2D eigenvalue weighted by Crippen LogP contribution is 2.49. The molecule has 0 aromatic heterocycles. The van der Waals surface area contributed by atoms with Gasteiger partial charge in [-0.3, -0.25) is 0 Å². The Kier molecular flexibility index (Phi) is 7.38. The summed E-state index contributed by atoms with van der Waals surface area (Å²) >= 11 is 0. The van der Waals surface area contributed by atoms with Crippen molar-refractivity contribution in [1.82, 2.24) is 0 Å². The van der Waals surface area contributed by atoms with Crippen LogP contribution in [0.25, 0.3) is 109 Å². The van der Waals surface area contributed by atoms with Crippen molar-refractivity contribution in [3.63, 3.8) is 0 Å². The van der Waals surface area contributed by atoms with Gasteiger partial charge in [-0.15, -0.1) is 0 Å². The fraction of sp³-hybridized carbons (Fsp3) is 0.0508. The number of rotatable bonds is 4. The summed E-state index contributed by atoms with van der Waals surface area (Å²) in [6.07, 6.45) is 0. The third kappa shape index (κ3) is 5.37. The van der Waals surface area contributed by atoms with E-state index < -0.39 is 0 Å². The van der Waals surface area contributed by atoms with Crippen LogP contribution in [0.2, 0.25) is 0 Å². The van der Waals surface area contributed by atoms with Crippen molar-refractivity contribution in [3.05, 3.63) is 217 Å². The number of hydrogen-bond donors (Lipinski definition) is 0. The summed E-state index contributed by atoms with van der Waals surface area (Å²) in [5, 5.41) is 12.7. The lowest BCUT2D eigenvalue weighted by atomic mass is 9.81. The molecule has 0 heteroatoms. The molecule has 0 fully saturated rings. The first-order valence-electron chi connectivity index (χ1n) is 20.7. The monoisotopic (exact) mass is 748 g/mol. The number of benzene rings is 11. The third-order valence-electron chi connectivity index (χ3n) is 13.2. The van der Waals surface area contributed by atoms with Crippen molar-refractivity contribution in [1.29, 1.82) is 0 Å². The van der Waals surface area contributed by atoms with E-state index >= 15 is 0 Å². The minimum absolute atomic E-state index is 0.0249. The minimum atomic E-state index is -0.0249. The summed E-state index contributed by atoms with van der Waals surface area (Å²) < 4.78 is 0. The zero-order valence-electron chi connectivity index (χ0n) is 33.1. The van der Waals surface area contributed by atoms with Gasteiger partial charge in [0.15, 0.2) is 0 Å². The lowest BCUT2D eigenvalue weighted by Gasteiger charge is -2.22. The van der Waals surface area contributed by atoms with Crippen molar-refractivity contribution in [2.75, 3.05) is 0 Å². The fourth-order valence-electron chi connectivity index (χ4n) is 10.1. The first kappa shape index (κ1) is 33.8. The Hall–Kier alpha value is -7.28. The Balaban J connectivity index is 0.987. The van der Waals surface area contributed by atoms with Gasteiger partial charge in [0, 0.05) is 5.41 Å². The molecule has 0 unspecified atom stereocenters. The number of fused-ring (bicyclic) bond motifs is 11. The molecule has 59 heavy (non-hydrogen) atoms. The normalized spacial score (nSPS) is 13.1. The van der Waals surface area contributed by atoms with Crippen LogP contribution < -0.4 is 0 Å². The SMILES string of the molecule is CC1(C)c2ccccc2-c2ccc(-c3ccc4cc(-c5cc(-c6ccc7ccccc7c6)cc(-c6ccc7c8ccccc8c8ccccc8c7c6)c5)ccc4c3)cc21. The second-order valence-corrected chi connectivity index (χ2v) is 16.9. The predicted octanol–water partition coefficient (Wildman–Crippen LogP) is 16.4. The van der Waals surface area contributed by atoms with E-state index in [4.69, 9.17) is 0 Å². The highest BCUT2D eigenvalue weighted by Gasteiger charge is 2.35. The van der Waals surface area contributed by atoms with Gasteiger partial charge in [0.1, 0.15) is 0 Å². The maximum Gasteiger partial charge on any atom is 0.0159 e. The topological polar surface area (TPSA) is 0 Å². The summed E-state index contributed by atoms with van der Waals surface area (Å²) in [6.45, 7) is 4.71. The van der Waals surface area contributed by atoms with Crippen molar-refractivity contribution in [2.45, 2.75) is 19.3 Å². The number of hydrogen-bond acceptors (Lipinski definition) is 0.